The molecule has 0 atom stereocenters. The molecule has 30 heavy (non-hydrogen) atoms. The molecule has 11 nitrogen and oxygen atoms in total. The van der Waals surface area contributed by atoms with E-state index in [1.165, 1.54) is 27.4 Å². The molecule has 0 aliphatic heterocycles. The second-order valence-corrected chi connectivity index (χ2v) is 7.99. The number of benzene rings is 2. The summed E-state index contributed by atoms with van der Waals surface area (Å²) in [6.07, 6.45) is 3.21. The minimum Gasteiger partial charge on any atom is -0.493 e. The van der Waals surface area contributed by atoms with Crippen molar-refractivity contribution in [3.8, 4) is 28.7 Å². The standard InChI is InChI=1S/C17H20O11P2/c1-24-15-9-12(10-16(25-2)17(15)26-3)5-4-11-6-7-13(27-29(18,19)20)14(8-11)28-30(21,22)23/h4-10H,1-3H3,(H2,18,19,20)(H2,21,22,23)/b5-4-. The Balaban J connectivity index is 2.43. The van der Waals surface area contributed by atoms with E-state index in [4.69, 9.17) is 33.8 Å². The molecule has 0 bridgehead atoms. The Morgan fingerprint density at radius 1 is 0.667 bits per heavy atom. The van der Waals surface area contributed by atoms with Gasteiger partial charge in [-0.2, -0.15) is 0 Å². The maximum atomic E-state index is 11.2. The predicted octanol–water partition coefficient (Wildman–Crippen LogP) is 2.83. The van der Waals surface area contributed by atoms with E-state index in [2.05, 4.69) is 9.05 Å². The Morgan fingerprint density at radius 3 is 1.60 bits per heavy atom. The van der Waals surface area contributed by atoms with Crippen molar-refractivity contribution < 1.29 is 52.0 Å². The molecule has 2 aromatic rings. The number of phosphoric acid groups is 2. The first-order valence-electron chi connectivity index (χ1n) is 8.08. The molecule has 13 heteroatoms. The topological polar surface area (TPSA) is 161 Å². The van der Waals surface area contributed by atoms with Gasteiger partial charge >= 0.3 is 15.6 Å². The fraction of sp³-hybridized carbons (Fsp3) is 0.176. The summed E-state index contributed by atoms with van der Waals surface area (Å²) in [6.45, 7) is 0. The summed E-state index contributed by atoms with van der Waals surface area (Å²) in [5, 5.41) is 0. The first-order chi connectivity index (χ1) is 14.0. The molecule has 0 amide bonds. The fourth-order valence-corrected chi connectivity index (χ4v) is 3.23. The van der Waals surface area contributed by atoms with Crippen LogP contribution in [0.2, 0.25) is 0 Å². The van der Waals surface area contributed by atoms with E-state index in [9.17, 15) is 9.13 Å². The molecular weight excluding hydrogens is 442 g/mol. The summed E-state index contributed by atoms with van der Waals surface area (Å²) >= 11 is 0. The number of methoxy groups -OCH3 is 3. The van der Waals surface area contributed by atoms with Crippen molar-refractivity contribution in [2.24, 2.45) is 0 Å². The highest BCUT2D eigenvalue weighted by atomic mass is 31.2. The fourth-order valence-electron chi connectivity index (χ4n) is 2.42. The number of hydrogen-bond donors (Lipinski definition) is 4. The Labute approximate surface area is 171 Å². The van der Waals surface area contributed by atoms with Crippen molar-refractivity contribution >= 4 is 27.8 Å². The molecule has 0 saturated carbocycles. The molecule has 164 valence electrons. The van der Waals surface area contributed by atoms with Gasteiger partial charge in [-0.15, -0.1) is 0 Å². The molecule has 0 spiro atoms. The minimum atomic E-state index is -5.01. The highest BCUT2D eigenvalue weighted by Gasteiger charge is 2.24. The van der Waals surface area contributed by atoms with Crippen LogP contribution < -0.4 is 23.3 Å². The van der Waals surface area contributed by atoms with Crippen molar-refractivity contribution in [1.82, 2.24) is 0 Å². The van der Waals surface area contributed by atoms with Gasteiger partial charge in [-0.3, -0.25) is 19.6 Å². The first-order valence-corrected chi connectivity index (χ1v) is 11.1. The van der Waals surface area contributed by atoms with E-state index in [0.29, 0.717) is 28.4 Å². The lowest BCUT2D eigenvalue weighted by Gasteiger charge is -2.14. The molecular formula is C17H20O11P2. The van der Waals surface area contributed by atoms with Crippen LogP contribution in [0, 0.1) is 0 Å². The molecule has 0 aliphatic rings. The van der Waals surface area contributed by atoms with E-state index in [1.807, 2.05) is 0 Å². The number of phosphoric ester groups is 2. The van der Waals surface area contributed by atoms with Gasteiger partial charge in [0.05, 0.1) is 21.3 Å². The maximum Gasteiger partial charge on any atom is 0.524 e. The van der Waals surface area contributed by atoms with Crippen LogP contribution in [0.3, 0.4) is 0 Å². The predicted molar refractivity (Wildman–Crippen MR) is 107 cm³/mol. The van der Waals surface area contributed by atoms with Gasteiger partial charge in [-0.05, 0) is 35.4 Å². The van der Waals surface area contributed by atoms with Crippen molar-refractivity contribution in [2.75, 3.05) is 21.3 Å². The van der Waals surface area contributed by atoms with Gasteiger partial charge in [0, 0.05) is 0 Å². The Bertz CT molecular complexity index is 997. The molecule has 0 saturated heterocycles. The van der Waals surface area contributed by atoms with Crippen LogP contribution in [-0.2, 0) is 9.13 Å². The van der Waals surface area contributed by atoms with Crippen LogP contribution >= 0.6 is 15.6 Å². The third kappa shape index (κ3) is 6.77. The van der Waals surface area contributed by atoms with Gasteiger partial charge in [-0.25, -0.2) is 9.13 Å². The minimum absolute atomic E-state index is 0.394. The third-order valence-electron chi connectivity index (χ3n) is 3.56. The maximum absolute atomic E-state index is 11.2. The van der Waals surface area contributed by atoms with Crippen LogP contribution in [0.1, 0.15) is 11.1 Å². The first kappa shape index (κ1) is 23.8. The van der Waals surface area contributed by atoms with Crippen LogP contribution in [-0.4, -0.2) is 40.9 Å². The highest BCUT2D eigenvalue weighted by Crippen LogP contribution is 2.47. The van der Waals surface area contributed by atoms with Crippen molar-refractivity contribution in [3.05, 3.63) is 41.5 Å². The van der Waals surface area contributed by atoms with Crippen molar-refractivity contribution in [2.45, 2.75) is 0 Å². The van der Waals surface area contributed by atoms with Crippen LogP contribution in [0.25, 0.3) is 12.2 Å². The quantitative estimate of drug-likeness (QED) is 0.320. The van der Waals surface area contributed by atoms with Crippen molar-refractivity contribution in [1.29, 1.82) is 0 Å². The van der Waals surface area contributed by atoms with Crippen LogP contribution in [0.15, 0.2) is 30.3 Å². The molecule has 4 N–H and O–H groups in total. The molecule has 0 aromatic heterocycles. The van der Waals surface area contributed by atoms with E-state index in [0.717, 1.165) is 12.1 Å². The molecule has 2 aromatic carbocycles. The summed E-state index contributed by atoms with van der Waals surface area (Å²) in [5.74, 6) is 0.184. The third-order valence-corrected chi connectivity index (χ3v) is 4.43. The van der Waals surface area contributed by atoms with Gasteiger partial charge < -0.3 is 23.3 Å². The molecule has 0 heterocycles. The van der Waals surface area contributed by atoms with Crippen LogP contribution in [0.5, 0.6) is 28.7 Å². The summed E-state index contributed by atoms with van der Waals surface area (Å²) in [5.41, 5.74) is 1.04. The van der Waals surface area contributed by atoms with Gasteiger partial charge in [-0.1, -0.05) is 18.2 Å². The average molecular weight is 462 g/mol. The zero-order valence-corrected chi connectivity index (χ0v) is 17.9. The SMILES string of the molecule is COc1cc(/C=C\c2ccc(OP(=O)(O)O)c(OP(=O)(O)O)c2)cc(OC)c1OC. The number of hydrogen-bond acceptors (Lipinski definition) is 7. The second kappa shape index (κ2) is 9.53. The molecule has 0 unspecified atom stereocenters. The van der Waals surface area contributed by atoms with Gasteiger partial charge in [0.1, 0.15) is 0 Å². The van der Waals surface area contributed by atoms with E-state index < -0.39 is 27.1 Å². The highest BCUT2D eigenvalue weighted by molar-refractivity contribution is 7.47. The lowest BCUT2D eigenvalue weighted by molar-refractivity contribution is 0.263. The van der Waals surface area contributed by atoms with E-state index in [-0.39, 0.29) is 0 Å². The largest absolute Gasteiger partial charge is 0.524 e. The second-order valence-electron chi connectivity index (χ2n) is 5.66. The zero-order valence-electron chi connectivity index (χ0n) is 16.1. The van der Waals surface area contributed by atoms with Gasteiger partial charge in [0.25, 0.3) is 0 Å². The van der Waals surface area contributed by atoms with Gasteiger partial charge in [0.15, 0.2) is 23.0 Å². The molecule has 0 aliphatic carbocycles. The zero-order chi connectivity index (χ0) is 22.5. The van der Waals surface area contributed by atoms with Gasteiger partial charge in [0.2, 0.25) is 5.75 Å². The summed E-state index contributed by atoms with van der Waals surface area (Å²) in [4.78, 5) is 36.0. The smallest absolute Gasteiger partial charge is 0.493 e. The molecule has 2 rings (SSSR count). The van der Waals surface area contributed by atoms with Crippen molar-refractivity contribution in [3.63, 3.8) is 0 Å². The average Bonchev–Trinajstić information content (AvgIpc) is 2.64. The lowest BCUT2D eigenvalue weighted by atomic mass is 10.1. The number of rotatable bonds is 9. The van der Waals surface area contributed by atoms with E-state index >= 15 is 0 Å². The normalized spacial score (nSPS) is 12.0. The Hall–Kier alpha value is -2.52. The molecule has 0 radical (unpaired) electrons. The lowest BCUT2D eigenvalue weighted by Crippen LogP contribution is -1.97. The summed E-state index contributed by atoms with van der Waals surface area (Å²) < 4.78 is 46.9. The number of ether oxygens (including phenoxy) is 3. The summed E-state index contributed by atoms with van der Waals surface area (Å²) in [6, 6.07) is 7.02. The van der Waals surface area contributed by atoms with E-state index in [1.54, 1.807) is 24.3 Å². The summed E-state index contributed by atoms with van der Waals surface area (Å²) in [7, 11) is -5.58. The Morgan fingerprint density at radius 2 is 1.13 bits per heavy atom. The molecule has 0 fully saturated rings. The van der Waals surface area contributed by atoms with Crippen LogP contribution in [0.4, 0.5) is 0 Å². The monoisotopic (exact) mass is 462 g/mol. The Kier molecular flexibility index (Phi) is 7.54.